The number of ether oxygens (including phenoxy) is 1. The van der Waals surface area contributed by atoms with Crippen LogP contribution < -0.4 is 10.5 Å². The number of nitrogens with two attached hydrogens (primary N) is 1. The van der Waals surface area contributed by atoms with E-state index in [0.717, 1.165) is 24.2 Å². The molecule has 0 heterocycles. The number of hydrogen-bond donors (Lipinski definition) is 1. The van der Waals surface area contributed by atoms with Gasteiger partial charge in [0.1, 0.15) is 5.75 Å². The predicted octanol–water partition coefficient (Wildman–Crippen LogP) is 2.42. The largest absolute Gasteiger partial charge is 0.494 e. The molecule has 1 amide bonds. The van der Waals surface area contributed by atoms with Gasteiger partial charge in [-0.15, -0.1) is 0 Å². The molecule has 2 aliphatic rings. The van der Waals surface area contributed by atoms with Crippen LogP contribution in [0.3, 0.4) is 0 Å². The molecule has 0 aliphatic heterocycles. The summed E-state index contributed by atoms with van der Waals surface area (Å²) in [6.45, 7) is 3.18. The Balaban J connectivity index is 1.69. The number of rotatable bonds is 5. The molecule has 0 spiro atoms. The first-order valence-corrected chi connectivity index (χ1v) is 8.33. The zero-order chi connectivity index (χ0) is 15.7. The monoisotopic (exact) mass is 302 g/mol. The molecule has 4 heteroatoms. The molecular formula is C18H26N2O2. The summed E-state index contributed by atoms with van der Waals surface area (Å²) in [5.41, 5.74) is 7.35. The molecule has 0 aromatic heterocycles. The summed E-state index contributed by atoms with van der Waals surface area (Å²) in [4.78, 5) is 14.6. The van der Waals surface area contributed by atoms with Crippen LogP contribution in [0.15, 0.2) is 24.3 Å². The highest BCUT2D eigenvalue weighted by Gasteiger charge is 2.49. The number of benzene rings is 1. The van der Waals surface area contributed by atoms with Gasteiger partial charge in [-0.05, 0) is 44.1 Å². The Kier molecular flexibility index (Phi) is 4.39. The number of nitrogens with zero attached hydrogens (tertiary/aromatic N) is 1. The number of amides is 1. The zero-order valence-electron chi connectivity index (χ0n) is 13.5. The zero-order valence-corrected chi connectivity index (χ0v) is 13.5. The number of hydrogen-bond acceptors (Lipinski definition) is 3. The Labute approximate surface area is 132 Å². The Bertz CT molecular complexity index is 544. The molecule has 4 nitrogen and oxygen atoms in total. The number of para-hydroxylation sites is 1. The van der Waals surface area contributed by atoms with E-state index in [9.17, 15) is 4.79 Å². The Morgan fingerprint density at radius 3 is 2.73 bits per heavy atom. The molecular weight excluding hydrogens is 276 g/mol. The molecule has 3 rings (SSSR count). The molecule has 4 atom stereocenters. The van der Waals surface area contributed by atoms with Crippen molar-refractivity contribution in [2.75, 3.05) is 13.7 Å². The van der Waals surface area contributed by atoms with Gasteiger partial charge in [-0.25, -0.2) is 0 Å². The van der Waals surface area contributed by atoms with Gasteiger partial charge < -0.3 is 15.4 Å². The standard InChI is InChI=1S/C18H26N2O2/c1-3-22-15-7-5-4-6-14(15)11-20(2)18(21)16-12-8-9-13(10-12)17(16)19/h4-7,12-13,16-17H,3,8-11,19H2,1-2H3/t12-,13-,16-,17-/m0/s1. The third-order valence-corrected chi connectivity index (χ3v) is 5.32. The maximum atomic E-state index is 12.8. The molecule has 2 N–H and O–H groups in total. The summed E-state index contributed by atoms with van der Waals surface area (Å²) in [6, 6.07) is 7.98. The molecule has 2 bridgehead atoms. The third kappa shape index (κ3) is 2.72. The van der Waals surface area contributed by atoms with Crippen LogP contribution in [0.4, 0.5) is 0 Å². The van der Waals surface area contributed by atoms with Crippen LogP contribution in [-0.2, 0) is 11.3 Å². The minimum Gasteiger partial charge on any atom is -0.494 e. The first kappa shape index (κ1) is 15.3. The lowest BCUT2D eigenvalue weighted by Gasteiger charge is -2.31. The molecule has 2 aliphatic carbocycles. The van der Waals surface area contributed by atoms with E-state index >= 15 is 0 Å². The van der Waals surface area contributed by atoms with Crippen molar-refractivity contribution in [1.29, 1.82) is 0 Å². The fourth-order valence-electron chi connectivity index (χ4n) is 4.22. The fraction of sp³-hybridized carbons (Fsp3) is 0.611. The third-order valence-electron chi connectivity index (χ3n) is 5.32. The highest BCUT2D eigenvalue weighted by Crippen LogP contribution is 2.48. The van der Waals surface area contributed by atoms with Crippen molar-refractivity contribution in [3.63, 3.8) is 0 Å². The molecule has 0 unspecified atom stereocenters. The maximum absolute atomic E-state index is 12.8. The van der Waals surface area contributed by atoms with Crippen LogP contribution in [0.2, 0.25) is 0 Å². The SMILES string of the molecule is CCOc1ccccc1CN(C)C(=O)[C@H]1[C@H]2CC[C@@H](C2)[C@@H]1N. The highest BCUT2D eigenvalue weighted by atomic mass is 16.5. The van der Waals surface area contributed by atoms with Gasteiger partial charge in [0.15, 0.2) is 0 Å². The van der Waals surface area contributed by atoms with Crippen molar-refractivity contribution in [2.45, 2.75) is 38.8 Å². The summed E-state index contributed by atoms with van der Waals surface area (Å²) in [5.74, 6) is 2.14. The molecule has 2 saturated carbocycles. The molecule has 0 radical (unpaired) electrons. The minimum atomic E-state index is 0.0167. The van der Waals surface area contributed by atoms with E-state index in [0.29, 0.717) is 25.0 Å². The summed E-state index contributed by atoms with van der Waals surface area (Å²) < 4.78 is 5.65. The van der Waals surface area contributed by atoms with Crippen molar-refractivity contribution in [2.24, 2.45) is 23.5 Å². The van der Waals surface area contributed by atoms with Gasteiger partial charge in [0.05, 0.1) is 12.5 Å². The van der Waals surface area contributed by atoms with E-state index in [4.69, 9.17) is 10.5 Å². The first-order valence-electron chi connectivity index (χ1n) is 8.33. The van der Waals surface area contributed by atoms with Crippen LogP contribution in [0.25, 0.3) is 0 Å². The van der Waals surface area contributed by atoms with E-state index in [-0.39, 0.29) is 17.9 Å². The van der Waals surface area contributed by atoms with Gasteiger partial charge in [0, 0.05) is 25.2 Å². The topological polar surface area (TPSA) is 55.6 Å². The quantitative estimate of drug-likeness (QED) is 0.909. The summed E-state index contributed by atoms with van der Waals surface area (Å²) in [7, 11) is 1.88. The number of carbonyl (C=O) groups is 1. The number of carbonyl (C=O) groups excluding carboxylic acids is 1. The number of fused-ring (bicyclic) bond motifs is 2. The van der Waals surface area contributed by atoms with Gasteiger partial charge in [-0.2, -0.15) is 0 Å². The molecule has 2 fully saturated rings. The first-order chi connectivity index (χ1) is 10.6. The van der Waals surface area contributed by atoms with Crippen LogP contribution in [-0.4, -0.2) is 30.5 Å². The van der Waals surface area contributed by atoms with Crippen molar-refractivity contribution in [3.05, 3.63) is 29.8 Å². The van der Waals surface area contributed by atoms with Crippen LogP contribution >= 0.6 is 0 Å². The second kappa shape index (κ2) is 6.29. The maximum Gasteiger partial charge on any atom is 0.227 e. The lowest BCUT2D eigenvalue weighted by Crippen LogP contribution is -2.45. The van der Waals surface area contributed by atoms with Gasteiger partial charge in [0.25, 0.3) is 0 Å². The lowest BCUT2D eigenvalue weighted by molar-refractivity contribution is -0.137. The van der Waals surface area contributed by atoms with Gasteiger partial charge in [-0.3, -0.25) is 4.79 Å². The Morgan fingerprint density at radius 2 is 2.05 bits per heavy atom. The van der Waals surface area contributed by atoms with Crippen LogP contribution in [0.5, 0.6) is 5.75 Å². The van der Waals surface area contributed by atoms with Gasteiger partial charge in [-0.1, -0.05) is 18.2 Å². The minimum absolute atomic E-state index is 0.0167. The second-order valence-corrected chi connectivity index (χ2v) is 6.67. The normalized spacial score (nSPS) is 29.6. The summed E-state index contributed by atoms with van der Waals surface area (Å²) in [5, 5.41) is 0. The Morgan fingerprint density at radius 1 is 1.32 bits per heavy atom. The molecule has 1 aromatic rings. The average molecular weight is 302 g/mol. The van der Waals surface area contributed by atoms with Gasteiger partial charge in [0.2, 0.25) is 5.91 Å². The van der Waals surface area contributed by atoms with E-state index in [1.54, 1.807) is 0 Å². The molecule has 120 valence electrons. The van der Waals surface area contributed by atoms with E-state index in [1.807, 2.05) is 43.1 Å². The fourth-order valence-corrected chi connectivity index (χ4v) is 4.22. The predicted molar refractivity (Wildman–Crippen MR) is 86.4 cm³/mol. The highest BCUT2D eigenvalue weighted by molar-refractivity contribution is 5.80. The van der Waals surface area contributed by atoms with Gasteiger partial charge >= 0.3 is 0 Å². The van der Waals surface area contributed by atoms with Crippen molar-refractivity contribution in [3.8, 4) is 5.75 Å². The summed E-state index contributed by atoms with van der Waals surface area (Å²) >= 11 is 0. The smallest absolute Gasteiger partial charge is 0.227 e. The van der Waals surface area contributed by atoms with Crippen molar-refractivity contribution in [1.82, 2.24) is 4.90 Å². The molecule has 1 aromatic carbocycles. The molecule has 0 saturated heterocycles. The molecule has 22 heavy (non-hydrogen) atoms. The average Bonchev–Trinajstić information content (AvgIpc) is 3.10. The summed E-state index contributed by atoms with van der Waals surface area (Å²) in [6.07, 6.45) is 3.51. The van der Waals surface area contributed by atoms with E-state index < -0.39 is 0 Å². The van der Waals surface area contributed by atoms with Crippen molar-refractivity contribution >= 4 is 5.91 Å². The van der Waals surface area contributed by atoms with E-state index in [1.165, 1.54) is 6.42 Å². The van der Waals surface area contributed by atoms with E-state index in [2.05, 4.69) is 0 Å². The Hall–Kier alpha value is -1.55. The van der Waals surface area contributed by atoms with Crippen molar-refractivity contribution < 1.29 is 9.53 Å². The van der Waals surface area contributed by atoms with Crippen LogP contribution in [0, 0.1) is 17.8 Å². The second-order valence-electron chi connectivity index (χ2n) is 6.67. The van der Waals surface area contributed by atoms with Crippen LogP contribution in [0.1, 0.15) is 31.7 Å². The lowest BCUT2D eigenvalue weighted by atomic mass is 9.84.